The molecule has 0 amide bonds. The Labute approximate surface area is 175 Å². The number of hydrogen-bond acceptors (Lipinski definition) is 5. The van der Waals surface area contributed by atoms with E-state index in [-0.39, 0.29) is 16.8 Å². The van der Waals surface area contributed by atoms with Crippen LogP contribution in [0, 0.1) is 6.92 Å². The zero-order valence-electron chi connectivity index (χ0n) is 16.9. The molecule has 3 aromatic rings. The average Bonchev–Trinajstić information content (AvgIpc) is 3.48. The van der Waals surface area contributed by atoms with Crippen molar-refractivity contribution in [3.63, 3.8) is 0 Å². The van der Waals surface area contributed by atoms with Crippen LogP contribution in [0.2, 0.25) is 0 Å². The molecule has 2 aromatic heterocycles. The lowest BCUT2D eigenvalue weighted by atomic mass is 9.93. The summed E-state index contributed by atoms with van der Waals surface area (Å²) in [4.78, 5) is 4.32. The van der Waals surface area contributed by atoms with Gasteiger partial charge in [-0.15, -0.1) is 10.2 Å². The highest BCUT2D eigenvalue weighted by atomic mass is 32.2. The van der Waals surface area contributed by atoms with Crippen LogP contribution in [0.5, 0.6) is 0 Å². The van der Waals surface area contributed by atoms with Crippen LogP contribution >= 0.6 is 11.8 Å². The summed E-state index contributed by atoms with van der Waals surface area (Å²) in [7, 11) is 0. The minimum atomic E-state index is -0.168. The quantitative estimate of drug-likeness (QED) is 0.715. The summed E-state index contributed by atoms with van der Waals surface area (Å²) in [6.07, 6.45) is 6.79. The summed E-state index contributed by atoms with van der Waals surface area (Å²) >= 11 is 1.84. The standard InChI is InChI=1S/C23H26N4OS/c1-16-11-18(14-24-13-16)17-3-5-19(6-4-17)23(7-8-23)21-26-25-20-12-22(2,15-28)29-10-9-27(20)21/h3-6,11,13-14,28H,7-10,12,15H2,1-2H3. The second kappa shape index (κ2) is 6.96. The number of hydrogen-bond donors (Lipinski definition) is 1. The first kappa shape index (κ1) is 18.8. The number of thioether (sulfide) groups is 1. The number of fused-ring (bicyclic) bond motifs is 1. The molecule has 1 fully saturated rings. The highest BCUT2D eigenvalue weighted by Crippen LogP contribution is 2.53. The van der Waals surface area contributed by atoms with Crippen LogP contribution < -0.4 is 0 Å². The first-order valence-electron chi connectivity index (χ1n) is 10.2. The Morgan fingerprint density at radius 1 is 1.10 bits per heavy atom. The van der Waals surface area contributed by atoms with Gasteiger partial charge in [0.1, 0.15) is 11.6 Å². The fourth-order valence-electron chi connectivity index (χ4n) is 4.39. The predicted molar refractivity (Wildman–Crippen MR) is 116 cm³/mol. The molecule has 6 heteroatoms. The third kappa shape index (κ3) is 3.28. The Bertz CT molecular complexity index is 1040. The highest BCUT2D eigenvalue weighted by Gasteiger charge is 2.50. The van der Waals surface area contributed by atoms with Gasteiger partial charge in [-0.25, -0.2) is 0 Å². The summed E-state index contributed by atoms with van der Waals surface area (Å²) in [5.41, 5.74) is 4.82. The van der Waals surface area contributed by atoms with Gasteiger partial charge in [-0.05, 0) is 49.4 Å². The van der Waals surface area contributed by atoms with Crippen molar-refractivity contribution in [1.29, 1.82) is 0 Å². The zero-order chi connectivity index (χ0) is 20.1. The molecule has 1 aliphatic heterocycles. The third-order valence-corrected chi connectivity index (χ3v) is 7.64. The predicted octanol–water partition coefficient (Wildman–Crippen LogP) is 3.77. The van der Waals surface area contributed by atoms with Gasteiger partial charge >= 0.3 is 0 Å². The van der Waals surface area contributed by atoms with Crippen LogP contribution in [0.15, 0.2) is 42.7 Å². The normalized spacial score (nSPS) is 22.7. The summed E-state index contributed by atoms with van der Waals surface area (Å²) in [6.45, 7) is 5.27. The van der Waals surface area contributed by atoms with E-state index in [0.29, 0.717) is 0 Å². The number of aliphatic hydroxyl groups excluding tert-OH is 1. The first-order chi connectivity index (χ1) is 14.0. The smallest absolute Gasteiger partial charge is 0.143 e. The van der Waals surface area contributed by atoms with E-state index in [1.54, 1.807) is 0 Å². The summed E-state index contributed by atoms with van der Waals surface area (Å²) in [6, 6.07) is 11.1. The fourth-order valence-corrected chi connectivity index (χ4v) is 5.48. The molecule has 1 aliphatic carbocycles. The number of nitrogens with zero attached hydrogens (tertiary/aromatic N) is 4. The van der Waals surface area contributed by atoms with E-state index >= 15 is 0 Å². The molecule has 0 radical (unpaired) electrons. The van der Waals surface area contributed by atoms with E-state index < -0.39 is 0 Å². The Balaban J connectivity index is 1.47. The van der Waals surface area contributed by atoms with Gasteiger partial charge in [0.25, 0.3) is 0 Å². The Morgan fingerprint density at radius 3 is 2.59 bits per heavy atom. The number of rotatable bonds is 4. The largest absolute Gasteiger partial charge is 0.395 e. The second-order valence-electron chi connectivity index (χ2n) is 8.64. The molecule has 1 unspecified atom stereocenters. The summed E-state index contributed by atoms with van der Waals surface area (Å²) in [5, 5.41) is 19.0. The Kier molecular flexibility index (Phi) is 4.51. The van der Waals surface area contributed by atoms with Crippen LogP contribution in [0.4, 0.5) is 0 Å². The Hall–Kier alpha value is -2.18. The van der Waals surface area contributed by atoms with Crippen LogP contribution in [-0.2, 0) is 18.4 Å². The number of aromatic nitrogens is 4. The molecule has 1 aromatic carbocycles. The molecular formula is C23H26N4OS. The molecule has 2 aliphatic rings. The molecule has 5 nitrogen and oxygen atoms in total. The van der Waals surface area contributed by atoms with Gasteiger partial charge in [-0.1, -0.05) is 24.3 Å². The van der Waals surface area contributed by atoms with Gasteiger partial charge in [0.15, 0.2) is 0 Å². The Morgan fingerprint density at radius 2 is 1.90 bits per heavy atom. The van der Waals surface area contributed by atoms with Crippen LogP contribution in [0.3, 0.4) is 0 Å². The molecule has 150 valence electrons. The average molecular weight is 407 g/mol. The summed E-state index contributed by atoms with van der Waals surface area (Å²) < 4.78 is 2.15. The molecule has 0 spiro atoms. The molecule has 3 heterocycles. The monoisotopic (exact) mass is 406 g/mol. The molecule has 0 saturated heterocycles. The lowest BCUT2D eigenvalue weighted by molar-refractivity contribution is 0.254. The van der Waals surface area contributed by atoms with E-state index in [0.717, 1.165) is 48.8 Å². The molecule has 1 saturated carbocycles. The van der Waals surface area contributed by atoms with Gasteiger partial charge in [-0.3, -0.25) is 4.98 Å². The van der Waals surface area contributed by atoms with Crippen molar-refractivity contribution >= 4 is 11.8 Å². The molecular weight excluding hydrogens is 380 g/mol. The minimum absolute atomic E-state index is 0.0146. The maximum Gasteiger partial charge on any atom is 0.143 e. The van der Waals surface area contributed by atoms with Crippen LogP contribution in [-0.4, -0.2) is 42.0 Å². The van der Waals surface area contributed by atoms with Gasteiger partial charge in [0, 0.05) is 41.4 Å². The topological polar surface area (TPSA) is 63.8 Å². The highest BCUT2D eigenvalue weighted by molar-refractivity contribution is 8.00. The molecule has 5 rings (SSSR count). The molecule has 0 bridgehead atoms. The van der Waals surface area contributed by atoms with E-state index in [1.807, 2.05) is 24.2 Å². The second-order valence-corrected chi connectivity index (χ2v) is 10.3. The summed E-state index contributed by atoms with van der Waals surface area (Å²) in [5.74, 6) is 3.08. The number of pyridine rings is 1. The maximum atomic E-state index is 9.81. The van der Waals surface area contributed by atoms with Crippen molar-refractivity contribution in [3.8, 4) is 11.1 Å². The zero-order valence-corrected chi connectivity index (χ0v) is 17.7. The van der Waals surface area contributed by atoms with Crippen LogP contribution in [0.1, 0.15) is 42.5 Å². The van der Waals surface area contributed by atoms with Crippen molar-refractivity contribution in [2.75, 3.05) is 12.4 Å². The van der Waals surface area contributed by atoms with Gasteiger partial charge in [0.2, 0.25) is 0 Å². The lowest BCUT2D eigenvalue weighted by Crippen LogP contribution is -2.28. The van der Waals surface area contributed by atoms with E-state index in [2.05, 4.69) is 63.9 Å². The van der Waals surface area contributed by atoms with Crippen LogP contribution in [0.25, 0.3) is 11.1 Å². The van der Waals surface area contributed by atoms with Crippen molar-refractivity contribution < 1.29 is 5.11 Å². The number of aliphatic hydroxyl groups is 1. The number of aryl methyl sites for hydroxylation is 1. The number of benzene rings is 1. The van der Waals surface area contributed by atoms with Crippen molar-refractivity contribution in [2.24, 2.45) is 0 Å². The first-order valence-corrected chi connectivity index (χ1v) is 11.2. The molecule has 29 heavy (non-hydrogen) atoms. The minimum Gasteiger partial charge on any atom is -0.395 e. The van der Waals surface area contributed by atoms with Crippen molar-refractivity contribution in [1.82, 2.24) is 19.7 Å². The van der Waals surface area contributed by atoms with Gasteiger partial charge in [-0.2, -0.15) is 11.8 Å². The van der Waals surface area contributed by atoms with Gasteiger partial charge in [0.05, 0.1) is 12.0 Å². The van der Waals surface area contributed by atoms with E-state index in [9.17, 15) is 5.11 Å². The maximum absolute atomic E-state index is 9.81. The SMILES string of the molecule is Cc1cncc(-c2ccc(C3(c4nnc5n4CCSC(C)(CO)C5)CC3)cc2)c1. The molecule has 1 N–H and O–H groups in total. The molecule has 1 atom stereocenters. The van der Waals surface area contributed by atoms with Gasteiger partial charge < -0.3 is 9.67 Å². The van der Waals surface area contributed by atoms with E-state index in [4.69, 9.17) is 0 Å². The van der Waals surface area contributed by atoms with E-state index in [1.165, 1.54) is 16.7 Å². The third-order valence-electron chi connectivity index (χ3n) is 6.28. The van der Waals surface area contributed by atoms with Crippen molar-refractivity contribution in [2.45, 2.75) is 49.8 Å². The van der Waals surface area contributed by atoms with Crippen molar-refractivity contribution in [3.05, 3.63) is 65.5 Å². The fraction of sp³-hybridized carbons (Fsp3) is 0.435. The lowest BCUT2D eigenvalue weighted by Gasteiger charge is -2.23.